The lowest BCUT2D eigenvalue weighted by Gasteiger charge is -2.34. The number of carbonyl (C=O) groups excluding carboxylic acids is 2. The van der Waals surface area contributed by atoms with Gasteiger partial charge in [0.05, 0.1) is 14.8 Å². The Labute approximate surface area is 188 Å². The van der Waals surface area contributed by atoms with Crippen LogP contribution in [0.1, 0.15) is 15.2 Å². The van der Waals surface area contributed by atoms with Gasteiger partial charge in [-0.25, -0.2) is 4.79 Å². The van der Waals surface area contributed by atoms with Crippen molar-refractivity contribution in [3.05, 3.63) is 55.2 Å². The van der Waals surface area contributed by atoms with E-state index in [0.29, 0.717) is 31.9 Å². The van der Waals surface area contributed by atoms with Crippen molar-refractivity contribution in [1.29, 1.82) is 0 Å². The van der Waals surface area contributed by atoms with E-state index in [9.17, 15) is 19.7 Å². The van der Waals surface area contributed by atoms with Gasteiger partial charge in [-0.2, -0.15) is 0 Å². The van der Waals surface area contributed by atoms with Crippen LogP contribution in [0.15, 0.2) is 30.3 Å². The van der Waals surface area contributed by atoms with Crippen LogP contribution in [0.2, 0.25) is 4.34 Å². The molecule has 1 saturated heterocycles. The maximum absolute atomic E-state index is 12.4. The predicted molar refractivity (Wildman–Crippen MR) is 119 cm³/mol. The fourth-order valence-electron chi connectivity index (χ4n) is 3.29. The molecule has 1 aromatic carbocycles. The molecule has 0 radical (unpaired) electrons. The number of anilines is 1. The number of hydrogen-bond acceptors (Lipinski definition) is 8. The summed E-state index contributed by atoms with van der Waals surface area (Å²) in [6.07, 6.45) is 0. The SMILES string of the molecule is CN(C)c1ccc(C(=O)OCC(=O)N2CCN(Cc3ccc(Cl)s3)CC2)cc1[N+](=O)[O-]. The van der Waals surface area contributed by atoms with Gasteiger partial charge in [0, 0.05) is 57.8 Å². The number of rotatable bonds is 7. The fourth-order valence-corrected chi connectivity index (χ4v) is 4.42. The number of nitro groups is 1. The van der Waals surface area contributed by atoms with Crippen LogP contribution in [0.4, 0.5) is 11.4 Å². The molecule has 1 aliphatic heterocycles. The molecule has 1 amide bonds. The van der Waals surface area contributed by atoms with Gasteiger partial charge in [-0.05, 0) is 24.3 Å². The lowest BCUT2D eigenvalue weighted by molar-refractivity contribution is -0.384. The fraction of sp³-hybridized carbons (Fsp3) is 0.400. The molecule has 0 aliphatic carbocycles. The highest BCUT2D eigenvalue weighted by atomic mass is 35.5. The van der Waals surface area contributed by atoms with Crippen LogP contribution in [0, 0.1) is 10.1 Å². The average molecular weight is 467 g/mol. The summed E-state index contributed by atoms with van der Waals surface area (Å²) in [6, 6.07) is 7.97. The third kappa shape index (κ3) is 5.93. The number of piperazine rings is 1. The Morgan fingerprint density at radius 3 is 2.48 bits per heavy atom. The van der Waals surface area contributed by atoms with Crippen molar-refractivity contribution in [3.8, 4) is 0 Å². The van der Waals surface area contributed by atoms with E-state index in [1.165, 1.54) is 17.0 Å². The van der Waals surface area contributed by atoms with Crippen molar-refractivity contribution in [3.63, 3.8) is 0 Å². The minimum Gasteiger partial charge on any atom is -0.452 e. The molecule has 166 valence electrons. The van der Waals surface area contributed by atoms with Gasteiger partial charge in [0.15, 0.2) is 6.61 Å². The van der Waals surface area contributed by atoms with E-state index in [1.807, 2.05) is 12.1 Å². The van der Waals surface area contributed by atoms with Gasteiger partial charge in [-0.3, -0.25) is 19.8 Å². The van der Waals surface area contributed by atoms with Crippen molar-refractivity contribution in [2.45, 2.75) is 6.54 Å². The molecule has 0 N–H and O–H groups in total. The Bertz CT molecular complexity index is 972. The Hall–Kier alpha value is -2.69. The van der Waals surface area contributed by atoms with E-state index in [4.69, 9.17) is 16.3 Å². The maximum atomic E-state index is 12.4. The first-order chi connectivity index (χ1) is 14.7. The van der Waals surface area contributed by atoms with Crippen LogP contribution in [0.25, 0.3) is 0 Å². The highest BCUT2D eigenvalue weighted by Gasteiger charge is 2.24. The molecule has 31 heavy (non-hydrogen) atoms. The number of amides is 1. The third-order valence-electron chi connectivity index (χ3n) is 4.95. The quantitative estimate of drug-likeness (QED) is 0.351. The Kier molecular flexibility index (Phi) is 7.47. The summed E-state index contributed by atoms with van der Waals surface area (Å²) < 4.78 is 5.87. The van der Waals surface area contributed by atoms with Crippen molar-refractivity contribution in [1.82, 2.24) is 9.80 Å². The highest BCUT2D eigenvalue weighted by molar-refractivity contribution is 7.16. The molecule has 1 aliphatic rings. The van der Waals surface area contributed by atoms with Crippen LogP contribution in [-0.2, 0) is 16.1 Å². The highest BCUT2D eigenvalue weighted by Crippen LogP contribution is 2.28. The van der Waals surface area contributed by atoms with Gasteiger partial charge in [0.25, 0.3) is 11.6 Å². The molecule has 0 bridgehead atoms. The normalized spacial score (nSPS) is 14.4. The van der Waals surface area contributed by atoms with E-state index in [1.54, 1.807) is 35.2 Å². The lowest BCUT2D eigenvalue weighted by Crippen LogP contribution is -2.49. The van der Waals surface area contributed by atoms with E-state index in [0.717, 1.165) is 16.9 Å². The number of ether oxygens (including phenoxy) is 1. The summed E-state index contributed by atoms with van der Waals surface area (Å²) in [4.78, 5) is 42.1. The molecule has 2 aromatic rings. The number of esters is 1. The van der Waals surface area contributed by atoms with Crippen LogP contribution in [0.5, 0.6) is 0 Å². The summed E-state index contributed by atoms with van der Waals surface area (Å²) in [5.41, 5.74) is 0.207. The molecule has 1 aromatic heterocycles. The number of benzene rings is 1. The zero-order chi connectivity index (χ0) is 22.5. The van der Waals surface area contributed by atoms with Gasteiger partial charge in [-0.1, -0.05) is 11.6 Å². The van der Waals surface area contributed by atoms with E-state index in [2.05, 4.69) is 4.90 Å². The first-order valence-electron chi connectivity index (χ1n) is 9.62. The number of carbonyl (C=O) groups is 2. The number of halogens is 1. The standard InChI is InChI=1S/C20H23ClN4O5S/c1-22(2)16-5-3-14(11-17(16)25(28)29)20(27)30-13-19(26)24-9-7-23(8-10-24)12-15-4-6-18(21)31-15/h3-6,11H,7-10,12-13H2,1-2H3. The van der Waals surface area contributed by atoms with Crippen LogP contribution < -0.4 is 4.90 Å². The first-order valence-corrected chi connectivity index (χ1v) is 10.8. The zero-order valence-electron chi connectivity index (χ0n) is 17.2. The Morgan fingerprint density at radius 2 is 1.90 bits per heavy atom. The molecule has 0 atom stereocenters. The third-order valence-corrected chi connectivity index (χ3v) is 6.17. The Morgan fingerprint density at radius 1 is 1.19 bits per heavy atom. The lowest BCUT2D eigenvalue weighted by atomic mass is 10.1. The van der Waals surface area contributed by atoms with Crippen molar-refractivity contribution in [2.75, 3.05) is 51.8 Å². The largest absolute Gasteiger partial charge is 0.452 e. The van der Waals surface area contributed by atoms with E-state index >= 15 is 0 Å². The molecule has 2 heterocycles. The van der Waals surface area contributed by atoms with Crippen LogP contribution >= 0.6 is 22.9 Å². The number of thiophene rings is 1. The van der Waals surface area contributed by atoms with Crippen molar-refractivity contribution >= 4 is 46.2 Å². The summed E-state index contributed by atoms with van der Waals surface area (Å²) in [6.45, 7) is 2.90. The van der Waals surface area contributed by atoms with E-state index in [-0.39, 0.29) is 17.2 Å². The Balaban J connectivity index is 1.50. The van der Waals surface area contributed by atoms with Crippen LogP contribution in [-0.4, -0.2) is 73.5 Å². The smallest absolute Gasteiger partial charge is 0.338 e. The van der Waals surface area contributed by atoms with Crippen molar-refractivity contribution < 1.29 is 19.2 Å². The number of nitro benzene ring substituents is 1. The van der Waals surface area contributed by atoms with Gasteiger partial charge in [0.1, 0.15) is 5.69 Å². The summed E-state index contributed by atoms with van der Waals surface area (Å²) in [5.74, 6) is -1.05. The monoisotopic (exact) mass is 466 g/mol. The van der Waals surface area contributed by atoms with Gasteiger partial charge in [0.2, 0.25) is 0 Å². The molecule has 11 heteroatoms. The molecule has 9 nitrogen and oxygen atoms in total. The second-order valence-electron chi connectivity index (χ2n) is 7.29. The second-order valence-corrected chi connectivity index (χ2v) is 9.09. The van der Waals surface area contributed by atoms with Gasteiger partial charge in [-0.15, -0.1) is 11.3 Å². The molecule has 1 fully saturated rings. The molecular weight excluding hydrogens is 444 g/mol. The minimum atomic E-state index is -0.769. The van der Waals surface area contributed by atoms with Gasteiger partial charge >= 0.3 is 5.97 Å². The second kappa shape index (κ2) is 10.1. The molecule has 0 unspecified atom stereocenters. The summed E-state index contributed by atoms with van der Waals surface area (Å²) in [7, 11) is 3.35. The molecule has 0 saturated carbocycles. The number of hydrogen-bond donors (Lipinski definition) is 0. The predicted octanol–water partition coefficient (Wildman–Crippen LogP) is 2.88. The zero-order valence-corrected chi connectivity index (χ0v) is 18.8. The topological polar surface area (TPSA) is 96.2 Å². The summed E-state index contributed by atoms with van der Waals surface area (Å²) in [5, 5.41) is 11.3. The molecule has 3 rings (SSSR count). The maximum Gasteiger partial charge on any atom is 0.338 e. The number of nitrogens with zero attached hydrogens (tertiary/aromatic N) is 4. The molecular formula is C20H23ClN4O5S. The van der Waals surface area contributed by atoms with E-state index < -0.39 is 17.5 Å². The van der Waals surface area contributed by atoms with Crippen molar-refractivity contribution in [2.24, 2.45) is 0 Å². The molecule has 0 spiro atoms. The minimum absolute atomic E-state index is 0.0320. The summed E-state index contributed by atoms with van der Waals surface area (Å²) >= 11 is 7.51. The average Bonchev–Trinajstić information content (AvgIpc) is 3.16. The van der Waals surface area contributed by atoms with Gasteiger partial charge < -0.3 is 14.5 Å². The first kappa shape index (κ1) is 23.0. The van der Waals surface area contributed by atoms with Crippen LogP contribution in [0.3, 0.4) is 0 Å².